The van der Waals surface area contributed by atoms with Gasteiger partial charge in [-0.3, -0.25) is 14.1 Å². The lowest BCUT2D eigenvalue weighted by Gasteiger charge is -2.30. The van der Waals surface area contributed by atoms with Gasteiger partial charge in [0.2, 0.25) is 0 Å². The Bertz CT molecular complexity index is 1550. The molecule has 2 saturated heterocycles. The number of amides is 1. The molecule has 5 atom stereocenters. The number of benzene rings is 2. The van der Waals surface area contributed by atoms with Crippen molar-refractivity contribution in [2.75, 3.05) is 19.5 Å². The van der Waals surface area contributed by atoms with Crippen molar-refractivity contribution < 1.29 is 33.8 Å². The number of carbonyl (C=O) groups is 1. The van der Waals surface area contributed by atoms with Crippen LogP contribution in [0, 0.1) is 0 Å². The minimum atomic E-state index is -2.53. The maximum absolute atomic E-state index is 12.9. The van der Waals surface area contributed by atoms with Crippen LogP contribution in [-0.2, 0) is 16.2 Å². The number of nitrogens with one attached hydrogen (secondary N) is 1. The van der Waals surface area contributed by atoms with Gasteiger partial charge in [-0.25, -0.2) is 4.98 Å². The molecule has 2 aromatic carbocycles. The molecule has 40 heavy (non-hydrogen) atoms. The Hall–Kier alpha value is -3.23. The zero-order valence-corrected chi connectivity index (χ0v) is 22.9. The maximum Gasteiger partial charge on any atom is 0.301 e. The largest absolute Gasteiger partial charge is 0.456 e. The maximum atomic E-state index is 12.9. The molecule has 1 amide bonds. The summed E-state index contributed by atoms with van der Waals surface area (Å²) < 4.78 is 32.2. The van der Waals surface area contributed by atoms with Crippen LogP contribution in [0.25, 0.3) is 22.4 Å². The first-order valence-corrected chi connectivity index (χ1v) is 14.9. The fourth-order valence-electron chi connectivity index (χ4n) is 4.87. The average molecular weight is 587 g/mol. The quantitative estimate of drug-likeness (QED) is 0.256. The van der Waals surface area contributed by atoms with Gasteiger partial charge in [-0.1, -0.05) is 41.9 Å². The monoisotopic (exact) mass is 586 g/mol. The molecule has 4 aromatic rings. The van der Waals surface area contributed by atoms with Gasteiger partial charge in [0.25, 0.3) is 5.91 Å². The molecule has 210 valence electrons. The molecule has 2 fully saturated rings. The predicted molar refractivity (Wildman–Crippen MR) is 148 cm³/mol. The van der Waals surface area contributed by atoms with Crippen molar-refractivity contribution in [1.82, 2.24) is 19.3 Å². The molecule has 11 nitrogen and oxygen atoms in total. The Morgan fingerprint density at radius 1 is 1.12 bits per heavy atom. The number of hydrogen-bond acceptors (Lipinski definition) is 9. The molecule has 13 heteroatoms. The Morgan fingerprint density at radius 3 is 2.58 bits per heavy atom. The first-order valence-electron chi connectivity index (χ1n) is 12.5. The Balaban J connectivity index is 1.24. The standard InChI is InChI=1S/C27H27ClN4O7S/c1-40(36,17-5-3-2-4-6-17)31-26(35)16-9-7-15(8-10-16)22-18(28)11-19-25(30-22)32(14-33)27(29-19)39-21-13-38-23-20(34)12-37-24(21)23/h2-11,20-21,23-24,33-34,36H,12-14H2,1H3,(H,31,35)/t20?,21-,23-,24-/m1/s1. The molecule has 2 aliphatic rings. The lowest BCUT2D eigenvalue weighted by atomic mass is 10.1. The number of hydrogen-bond donors (Lipinski definition) is 4. The van der Waals surface area contributed by atoms with Crippen LogP contribution in [0.3, 0.4) is 0 Å². The Morgan fingerprint density at radius 2 is 1.85 bits per heavy atom. The van der Waals surface area contributed by atoms with Crippen molar-refractivity contribution in [2.24, 2.45) is 0 Å². The van der Waals surface area contributed by atoms with E-state index in [0.717, 1.165) is 0 Å². The highest BCUT2D eigenvalue weighted by atomic mass is 35.5. The number of imidazole rings is 1. The van der Waals surface area contributed by atoms with Gasteiger partial charge in [0.1, 0.15) is 30.6 Å². The topological polar surface area (TPSA) is 148 Å². The van der Waals surface area contributed by atoms with Gasteiger partial charge in [-0.05, 0) is 40.8 Å². The Kier molecular flexibility index (Phi) is 7.17. The van der Waals surface area contributed by atoms with Gasteiger partial charge < -0.3 is 29.0 Å². The van der Waals surface area contributed by atoms with Gasteiger partial charge in [0, 0.05) is 22.3 Å². The number of rotatable bonds is 7. The van der Waals surface area contributed by atoms with Crippen molar-refractivity contribution in [3.8, 4) is 17.3 Å². The smallest absolute Gasteiger partial charge is 0.301 e. The van der Waals surface area contributed by atoms with Crippen LogP contribution in [0.4, 0.5) is 0 Å². The third-order valence-corrected chi connectivity index (χ3v) is 8.99. The van der Waals surface area contributed by atoms with Crippen molar-refractivity contribution >= 4 is 39.2 Å². The van der Waals surface area contributed by atoms with E-state index in [0.29, 0.717) is 37.9 Å². The molecule has 0 radical (unpaired) electrons. The van der Waals surface area contributed by atoms with Gasteiger partial charge in [-0.2, -0.15) is 4.98 Å². The van der Waals surface area contributed by atoms with Gasteiger partial charge >= 0.3 is 6.01 Å². The summed E-state index contributed by atoms with van der Waals surface area (Å²) in [5, 5.41) is 20.4. The van der Waals surface area contributed by atoms with Crippen molar-refractivity contribution in [3.05, 3.63) is 71.2 Å². The van der Waals surface area contributed by atoms with E-state index in [1.807, 2.05) is 6.07 Å². The second-order valence-electron chi connectivity index (χ2n) is 9.64. The van der Waals surface area contributed by atoms with E-state index >= 15 is 0 Å². The van der Waals surface area contributed by atoms with Crippen LogP contribution in [0.5, 0.6) is 6.01 Å². The molecule has 0 aliphatic carbocycles. The molecule has 2 unspecified atom stereocenters. The highest BCUT2D eigenvalue weighted by molar-refractivity contribution is 8.27. The highest BCUT2D eigenvalue weighted by Gasteiger charge is 2.48. The summed E-state index contributed by atoms with van der Waals surface area (Å²) in [6.07, 6.45) is -0.538. The number of carbonyl (C=O) groups excluding carboxylic acids is 1. The average Bonchev–Trinajstić information content (AvgIpc) is 3.63. The second kappa shape index (κ2) is 10.6. The van der Waals surface area contributed by atoms with E-state index in [1.165, 1.54) is 4.57 Å². The molecular weight excluding hydrogens is 560 g/mol. The minimum Gasteiger partial charge on any atom is -0.456 e. The summed E-state index contributed by atoms with van der Waals surface area (Å²) in [5.74, 6) is -0.415. The number of ether oxygens (including phenoxy) is 3. The first kappa shape index (κ1) is 27.0. The lowest BCUT2D eigenvalue weighted by molar-refractivity contribution is 0.00505. The SMILES string of the molecule is CS(O)(NC(=O)c1ccc(-c2nc3c(cc2Cl)nc(O[C@@H]2CO[C@@H]4C(O)CO[C@@H]42)n3CO)cc1)c1ccccc1. The molecule has 0 bridgehead atoms. The molecule has 0 saturated carbocycles. The van der Waals surface area contributed by atoms with Crippen LogP contribution >= 0.6 is 22.1 Å². The second-order valence-corrected chi connectivity index (χ2v) is 12.5. The van der Waals surface area contributed by atoms with E-state index in [-0.39, 0.29) is 19.2 Å². The summed E-state index contributed by atoms with van der Waals surface area (Å²) >= 11 is 6.57. The van der Waals surface area contributed by atoms with Crippen molar-refractivity contribution in [3.63, 3.8) is 0 Å². The number of pyridine rings is 1. The van der Waals surface area contributed by atoms with Crippen LogP contribution < -0.4 is 9.46 Å². The summed E-state index contributed by atoms with van der Waals surface area (Å²) in [4.78, 5) is 22.6. The fraction of sp³-hybridized carbons (Fsp3) is 0.296. The van der Waals surface area contributed by atoms with E-state index in [9.17, 15) is 19.6 Å². The fourth-order valence-corrected chi connectivity index (χ4v) is 6.41. The van der Waals surface area contributed by atoms with E-state index in [2.05, 4.69) is 14.7 Å². The highest BCUT2D eigenvalue weighted by Crippen LogP contribution is 2.44. The molecule has 0 spiro atoms. The third kappa shape index (κ3) is 4.92. The number of nitrogens with zero attached hydrogens (tertiary/aromatic N) is 3. The number of halogens is 1. The Labute approximate surface area is 236 Å². The number of fused-ring (bicyclic) bond motifs is 2. The first-order chi connectivity index (χ1) is 19.2. The van der Waals surface area contributed by atoms with E-state index < -0.39 is 47.5 Å². The third-order valence-electron chi connectivity index (χ3n) is 6.93. The zero-order valence-electron chi connectivity index (χ0n) is 21.3. The van der Waals surface area contributed by atoms with Crippen molar-refractivity contribution in [1.29, 1.82) is 0 Å². The van der Waals surface area contributed by atoms with E-state index in [4.69, 9.17) is 25.8 Å². The summed E-state index contributed by atoms with van der Waals surface area (Å²) in [7, 11) is -2.53. The lowest BCUT2D eigenvalue weighted by Crippen LogP contribution is -2.35. The predicted octanol–water partition coefficient (Wildman–Crippen LogP) is 3.22. The van der Waals surface area contributed by atoms with Crippen LogP contribution in [0.15, 0.2) is 65.6 Å². The van der Waals surface area contributed by atoms with Gasteiger partial charge in [0.05, 0.1) is 23.9 Å². The molecule has 4 N–H and O–H groups in total. The summed E-state index contributed by atoms with van der Waals surface area (Å²) in [6, 6.07) is 17.4. The number of aliphatic hydroxyl groups is 2. The van der Waals surface area contributed by atoms with Crippen LogP contribution in [-0.4, -0.2) is 79.1 Å². The van der Waals surface area contributed by atoms with Crippen LogP contribution in [0.2, 0.25) is 5.02 Å². The molecule has 4 heterocycles. The number of aromatic nitrogens is 3. The molecule has 6 rings (SSSR count). The zero-order chi connectivity index (χ0) is 28.0. The number of aliphatic hydroxyl groups excluding tert-OH is 2. The summed E-state index contributed by atoms with van der Waals surface area (Å²) in [5.41, 5.74) is 2.19. The van der Waals surface area contributed by atoms with Gasteiger partial charge in [-0.15, -0.1) is 0 Å². The van der Waals surface area contributed by atoms with E-state index in [1.54, 1.807) is 60.9 Å². The normalized spacial score (nSPS) is 24.4. The molecule has 2 aliphatic heterocycles. The molecule has 2 aromatic heterocycles. The minimum absolute atomic E-state index is 0.123. The van der Waals surface area contributed by atoms with Gasteiger partial charge in [0.15, 0.2) is 11.8 Å². The van der Waals surface area contributed by atoms with Crippen molar-refractivity contribution in [2.45, 2.75) is 36.0 Å². The molecular formula is C27H27ClN4O7S. The summed E-state index contributed by atoms with van der Waals surface area (Å²) in [6.45, 7) is -0.0728. The van der Waals surface area contributed by atoms with Crippen LogP contribution in [0.1, 0.15) is 10.4 Å².